The van der Waals surface area contributed by atoms with Crippen LogP contribution in [0, 0.1) is 6.92 Å². The van der Waals surface area contributed by atoms with Gasteiger partial charge in [0.25, 0.3) is 0 Å². The van der Waals surface area contributed by atoms with Gasteiger partial charge in [0.1, 0.15) is 0 Å². The number of rotatable bonds is 4. The Morgan fingerprint density at radius 3 is 2.35 bits per heavy atom. The number of aliphatic imine (C=N–C) groups is 1. The molecule has 0 fully saturated rings. The zero-order valence-corrected chi connectivity index (χ0v) is 14.9. The maximum absolute atomic E-state index is 4.22. The van der Waals surface area contributed by atoms with E-state index in [0.29, 0.717) is 0 Å². The van der Waals surface area contributed by atoms with Gasteiger partial charge in [-0.1, -0.05) is 30.3 Å². The molecule has 0 aliphatic carbocycles. The van der Waals surface area contributed by atoms with Crippen molar-refractivity contribution in [2.75, 3.05) is 7.05 Å². The Bertz CT molecular complexity index is 537. The number of nitrogens with one attached hydrogen (secondary N) is 2. The molecule has 1 aromatic carbocycles. The molecule has 20 heavy (non-hydrogen) atoms. The summed E-state index contributed by atoms with van der Waals surface area (Å²) in [6.07, 6.45) is 0. The Balaban J connectivity index is 0.00000200. The molecule has 0 unspecified atom stereocenters. The van der Waals surface area contributed by atoms with Crippen molar-refractivity contribution in [2.24, 2.45) is 4.99 Å². The summed E-state index contributed by atoms with van der Waals surface area (Å²) in [4.78, 5) is 6.88. The van der Waals surface area contributed by atoms with Crippen molar-refractivity contribution < 1.29 is 0 Å². The predicted octanol–water partition coefficient (Wildman–Crippen LogP) is 3.54. The highest BCUT2D eigenvalue weighted by molar-refractivity contribution is 14.0. The Morgan fingerprint density at radius 1 is 1.05 bits per heavy atom. The number of aryl methyl sites for hydroxylation is 1. The Hall–Kier alpha value is -1.08. The fourth-order valence-electron chi connectivity index (χ4n) is 1.75. The zero-order chi connectivity index (χ0) is 13.5. The second-order valence-corrected chi connectivity index (χ2v) is 5.65. The predicted molar refractivity (Wildman–Crippen MR) is 98.0 cm³/mol. The van der Waals surface area contributed by atoms with Crippen LogP contribution in [0.5, 0.6) is 0 Å². The van der Waals surface area contributed by atoms with E-state index in [1.807, 2.05) is 29.5 Å². The van der Waals surface area contributed by atoms with Gasteiger partial charge in [-0.05, 0) is 24.6 Å². The summed E-state index contributed by atoms with van der Waals surface area (Å²) < 4.78 is 0. The molecule has 0 atom stereocenters. The first-order valence-corrected chi connectivity index (χ1v) is 7.13. The summed E-state index contributed by atoms with van der Waals surface area (Å²) in [6.45, 7) is 3.72. The first-order chi connectivity index (χ1) is 9.28. The van der Waals surface area contributed by atoms with Gasteiger partial charge < -0.3 is 10.6 Å². The summed E-state index contributed by atoms with van der Waals surface area (Å²) in [5.74, 6) is 0.829. The van der Waals surface area contributed by atoms with Crippen LogP contribution in [0.1, 0.15) is 15.3 Å². The molecule has 108 valence electrons. The molecule has 2 N–H and O–H groups in total. The molecular formula is C15H20IN3S. The standard InChI is InChI=1S/C15H19N3S.HI/c1-12-8-9-14(19-12)11-18-15(16-2)17-10-13-6-4-3-5-7-13;/h3-9H,10-11H2,1-2H3,(H2,16,17,18);1H. The van der Waals surface area contributed by atoms with Gasteiger partial charge in [-0.3, -0.25) is 4.99 Å². The van der Waals surface area contributed by atoms with E-state index in [-0.39, 0.29) is 24.0 Å². The smallest absolute Gasteiger partial charge is 0.191 e. The van der Waals surface area contributed by atoms with Crippen LogP contribution in [-0.2, 0) is 13.1 Å². The highest BCUT2D eigenvalue weighted by atomic mass is 127. The average Bonchev–Trinajstić information content (AvgIpc) is 2.86. The number of benzene rings is 1. The van der Waals surface area contributed by atoms with Crippen molar-refractivity contribution in [3.8, 4) is 0 Å². The minimum absolute atomic E-state index is 0. The summed E-state index contributed by atoms with van der Waals surface area (Å²) >= 11 is 1.81. The van der Waals surface area contributed by atoms with E-state index in [4.69, 9.17) is 0 Å². The molecule has 5 heteroatoms. The number of hydrogen-bond acceptors (Lipinski definition) is 2. The molecule has 0 saturated carbocycles. The average molecular weight is 401 g/mol. The van der Waals surface area contributed by atoms with Crippen molar-refractivity contribution in [1.29, 1.82) is 0 Å². The van der Waals surface area contributed by atoms with Gasteiger partial charge >= 0.3 is 0 Å². The van der Waals surface area contributed by atoms with Crippen LogP contribution in [0.25, 0.3) is 0 Å². The van der Waals surface area contributed by atoms with E-state index in [9.17, 15) is 0 Å². The maximum Gasteiger partial charge on any atom is 0.191 e. The zero-order valence-electron chi connectivity index (χ0n) is 11.7. The van der Waals surface area contributed by atoms with Gasteiger partial charge in [0.05, 0.1) is 6.54 Å². The van der Waals surface area contributed by atoms with E-state index >= 15 is 0 Å². The van der Waals surface area contributed by atoms with E-state index in [1.54, 1.807) is 7.05 Å². The second-order valence-electron chi connectivity index (χ2n) is 4.28. The third-order valence-electron chi connectivity index (χ3n) is 2.75. The Morgan fingerprint density at radius 2 is 1.75 bits per heavy atom. The van der Waals surface area contributed by atoms with Crippen molar-refractivity contribution in [1.82, 2.24) is 10.6 Å². The Labute approximate surface area is 141 Å². The lowest BCUT2D eigenvalue weighted by Gasteiger charge is -2.11. The van der Waals surface area contributed by atoms with E-state index in [0.717, 1.165) is 19.0 Å². The molecule has 0 saturated heterocycles. The molecule has 0 radical (unpaired) electrons. The molecule has 2 rings (SSSR count). The first kappa shape index (κ1) is 17.0. The summed E-state index contributed by atoms with van der Waals surface area (Å²) in [5, 5.41) is 6.62. The lowest BCUT2D eigenvalue weighted by molar-refractivity contribution is 0.815. The summed E-state index contributed by atoms with van der Waals surface area (Å²) in [6, 6.07) is 14.6. The van der Waals surface area contributed by atoms with E-state index in [1.165, 1.54) is 15.3 Å². The highest BCUT2D eigenvalue weighted by Crippen LogP contribution is 2.14. The molecule has 0 aliphatic heterocycles. The quantitative estimate of drug-likeness (QED) is 0.467. The number of thiophene rings is 1. The first-order valence-electron chi connectivity index (χ1n) is 6.31. The second kappa shape index (κ2) is 8.97. The largest absolute Gasteiger partial charge is 0.352 e. The monoisotopic (exact) mass is 401 g/mol. The molecule has 0 bridgehead atoms. The van der Waals surface area contributed by atoms with Gasteiger partial charge in [0.15, 0.2) is 5.96 Å². The minimum Gasteiger partial charge on any atom is -0.352 e. The lowest BCUT2D eigenvalue weighted by Crippen LogP contribution is -2.36. The fourth-order valence-corrected chi connectivity index (χ4v) is 2.58. The molecule has 0 aliphatic rings. The van der Waals surface area contributed by atoms with Crippen LogP contribution < -0.4 is 10.6 Å². The van der Waals surface area contributed by atoms with Crippen LogP contribution in [0.4, 0.5) is 0 Å². The van der Waals surface area contributed by atoms with Crippen molar-refractivity contribution in [3.05, 3.63) is 57.8 Å². The molecule has 2 aromatic rings. The third kappa shape index (κ3) is 5.50. The molecule has 0 amide bonds. The lowest BCUT2D eigenvalue weighted by atomic mass is 10.2. The SMILES string of the molecule is CN=C(NCc1ccccc1)NCc1ccc(C)s1.I. The fraction of sp³-hybridized carbons (Fsp3) is 0.267. The summed E-state index contributed by atoms with van der Waals surface area (Å²) in [7, 11) is 1.79. The number of halogens is 1. The van der Waals surface area contributed by atoms with Crippen molar-refractivity contribution in [3.63, 3.8) is 0 Å². The van der Waals surface area contributed by atoms with E-state index in [2.05, 4.69) is 46.8 Å². The van der Waals surface area contributed by atoms with Gasteiger partial charge in [-0.15, -0.1) is 35.3 Å². The minimum atomic E-state index is 0. The number of nitrogens with zero attached hydrogens (tertiary/aromatic N) is 1. The molecule has 1 heterocycles. The number of guanidine groups is 1. The van der Waals surface area contributed by atoms with E-state index < -0.39 is 0 Å². The van der Waals surface area contributed by atoms with Gasteiger partial charge in [-0.25, -0.2) is 0 Å². The van der Waals surface area contributed by atoms with Gasteiger partial charge in [-0.2, -0.15) is 0 Å². The van der Waals surface area contributed by atoms with Gasteiger partial charge in [0, 0.05) is 23.3 Å². The topological polar surface area (TPSA) is 36.4 Å². The maximum atomic E-state index is 4.22. The van der Waals surface area contributed by atoms with Gasteiger partial charge in [0.2, 0.25) is 0 Å². The third-order valence-corrected chi connectivity index (χ3v) is 3.75. The van der Waals surface area contributed by atoms with Crippen LogP contribution in [0.2, 0.25) is 0 Å². The highest BCUT2D eigenvalue weighted by Gasteiger charge is 2.00. The van der Waals surface area contributed by atoms with Crippen LogP contribution in [0.3, 0.4) is 0 Å². The Kier molecular flexibility index (Phi) is 7.61. The molecule has 3 nitrogen and oxygen atoms in total. The molecular weight excluding hydrogens is 381 g/mol. The van der Waals surface area contributed by atoms with Crippen LogP contribution in [-0.4, -0.2) is 13.0 Å². The summed E-state index contributed by atoms with van der Waals surface area (Å²) in [5.41, 5.74) is 1.25. The molecule has 0 spiro atoms. The number of hydrogen-bond donors (Lipinski definition) is 2. The van der Waals surface area contributed by atoms with Crippen LogP contribution >= 0.6 is 35.3 Å². The van der Waals surface area contributed by atoms with Crippen LogP contribution in [0.15, 0.2) is 47.5 Å². The molecule has 1 aromatic heterocycles. The van der Waals surface area contributed by atoms with Crippen molar-refractivity contribution in [2.45, 2.75) is 20.0 Å². The van der Waals surface area contributed by atoms with Crippen molar-refractivity contribution >= 4 is 41.3 Å². The normalized spacial score (nSPS) is 10.8.